The van der Waals surface area contributed by atoms with Crippen molar-refractivity contribution >= 4 is 17.7 Å². The van der Waals surface area contributed by atoms with E-state index < -0.39 is 23.4 Å². The fraction of sp³-hybridized carbons (Fsp3) is 0.429. The minimum Gasteiger partial charge on any atom is -0.444 e. The molecule has 1 aromatic carbocycles. The van der Waals surface area contributed by atoms with Crippen molar-refractivity contribution in [2.75, 3.05) is 11.9 Å². The van der Waals surface area contributed by atoms with E-state index in [1.165, 1.54) is 18.2 Å². The second kappa shape index (κ2) is 5.11. The first-order valence-corrected chi connectivity index (χ1v) is 6.33. The molecule has 1 heterocycles. The van der Waals surface area contributed by atoms with Gasteiger partial charge in [0.05, 0.1) is 5.92 Å². The molecular formula is C14H17FN2O3. The Bertz CT molecular complexity index is 552. The maximum absolute atomic E-state index is 13.2. The summed E-state index contributed by atoms with van der Waals surface area (Å²) in [5, 5.41) is 5.18. The molecule has 1 aliphatic rings. The molecule has 0 bridgehead atoms. The minimum absolute atomic E-state index is 0.0667. The molecule has 0 unspecified atom stereocenters. The van der Waals surface area contributed by atoms with Gasteiger partial charge in [0.25, 0.3) is 0 Å². The van der Waals surface area contributed by atoms with Crippen molar-refractivity contribution < 1.29 is 18.7 Å². The fourth-order valence-electron chi connectivity index (χ4n) is 2.00. The van der Waals surface area contributed by atoms with Crippen LogP contribution in [0.15, 0.2) is 18.2 Å². The first-order valence-electron chi connectivity index (χ1n) is 6.33. The topological polar surface area (TPSA) is 67.4 Å². The van der Waals surface area contributed by atoms with Crippen LogP contribution in [0.3, 0.4) is 0 Å². The third kappa shape index (κ3) is 3.26. The molecule has 0 radical (unpaired) electrons. The van der Waals surface area contributed by atoms with E-state index >= 15 is 0 Å². The number of halogens is 1. The summed E-state index contributed by atoms with van der Waals surface area (Å²) in [6.45, 7) is 5.32. The number of nitrogens with one attached hydrogen (secondary N) is 2. The lowest BCUT2D eigenvalue weighted by Crippen LogP contribution is -2.36. The van der Waals surface area contributed by atoms with Crippen molar-refractivity contribution in [1.29, 1.82) is 0 Å². The second-order valence-corrected chi connectivity index (χ2v) is 5.66. The fourth-order valence-corrected chi connectivity index (χ4v) is 2.00. The van der Waals surface area contributed by atoms with Gasteiger partial charge in [0.1, 0.15) is 11.4 Å². The number of carbonyl (C=O) groups excluding carboxylic acids is 2. The maximum atomic E-state index is 13.2. The Morgan fingerprint density at radius 3 is 2.80 bits per heavy atom. The summed E-state index contributed by atoms with van der Waals surface area (Å²) >= 11 is 0. The van der Waals surface area contributed by atoms with Gasteiger partial charge in [0.2, 0.25) is 5.91 Å². The predicted molar refractivity (Wildman–Crippen MR) is 72.0 cm³/mol. The third-order valence-electron chi connectivity index (χ3n) is 2.81. The van der Waals surface area contributed by atoms with E-state index in [0.29, 0.717) is 11.3 Å². The van der Waals surface area contributed by atoms with Crippen molar-refractivity contribution in [2.24, 2.45) is 0 Å². The number of hydrogen-bond donors (Lipinski definition) is 2. The highest BCUT2D eigenvalue weighted by Crippen LogP contribution is 2.32. The summed E-state index contributed by atoms with van der Waals surface area (Å²) in [4.78, 5) is 23.4. The summed E-state index contributed by atoms with van der Waals surface area (Å²) in [7, 11) is 0. The van der Waals surface area contributed by atoms with Gasteiger partial charge in [-0.2, -0.15) is 0 Å². The number of hydrogen-bond acceptors (Lipinski definition) is 3. The van der Waals surface area contributed by atoms with E-state index in [9.17, 15) is 14.0 Å². The van der Waals surface area contributed by atoms with Crippen LogP contribution in [0.2, 0.25) is 0 Å². The van der Waals surface area contributed by atoms with Gasteiger partial charge in [-0.3, -0.25) is 4.79 Å². The Morgan fingerprint density at radius 2 is 2.15 bits per heavy atom. The van der Waals surface area contributed by atoms with Gasteiger partial charge in [-0.15, -0.1) is 0 Å². The predicted octanol–water partition coefficient (Wildman–Crippen LogP) is 2.39. The lowest BCUT2D eigenvalue weighted by molar-refractivity contribution is -0.116. The Hall–Kier alpha value is -2.11. The van der Waals surface area contributed by atoms with Crippen molar-refractivity contribution in [3.8, 4) is 0 Å². The van der Waals surface area contributed by atoms with E-state index in [-0.39, 0.29) is 12.5 Å². The van der Waals surface area contributed by atoms with E-state index in [1.54, 1.807) is 20.8 Å². The normalized spacial score (nSPS) is 17.4. The van der Waals surface area contributed by atoms with Crippen LogP contribution >= 0.6 is 0 Å². The standard InChI is InChI=1S/C14H17FN2O3/c1-14(2,3)20-13(19)16-7-10-9-6-8(15)4-5-11(9)17-12(10)18/h4-6,10H,7H2,1-3H3,(H,16,19)(H,17,18)/t10-/m1/s1. The van der Waals surface area contributed by atoms with Crippen LogP contribution < -0.4 is 10.6 Å². The van der Waals surface area contributed by atoms with Crippen LogP contribution in [0, 0.1) is 5.82 Å². The van der Waals surface area contributed by atoms with E-state index in [0.717, 1.165) is 0 Å². The molecule has 2 amide bonds. The largest absolute Gasteiger partial charge is 0.444 e. The Balaban J connectivity index is 2.03. The van der Waals surface area contributed by atoms with Crippen LogP contribution in [-0.2, 0) is 9.53 Å². The number of rotatable bonds is 2. The molecule has 5 nitrogen and oxygen atoms in total. The summed E-state index contributed by atoms with van der Waals surface area (Å²) < 4.78 is 18.3. The number of amides is 2. The lowest BCUT2D eigenvalue weighted by Gasteiger charge is -2.20. The number of ether oxygens (including phenoxy) is 1. The third-order valence-corrected chi connectivity index (χ3v) is 2.81. The van der Waals surface area contributed by atoms with Gasteiger partial charge in [-0.05, 0) is 44.5 Å². The molecule has 0 spiro atoms. The highest BCUT2D eigenvalue weighted by atomic mass is 19.1. The van der Waals surface area contributed by atoms with Gasteiger partial charge in [0.15, 0.2) is 0 Å². The summed E-state index contributed by atoms with van der Waals surface area (Å²) in [6, 6.07) is 4.09. The Labute approximate surface area is 116 Å². The maximum Gasteiger partial charge on any atom is 0.407 e. The quantitative estimate of drug-likeness (QED) is 0.874. The summed E-state index contributed by atoms with van der Waals surface area (Å²) in [5.41, 5.74) is 0.518. The summed E-state index contributed by atoms with van der Waals surface area (Å²) in [5.74, 6) is -1.28. The Morgan fingerprint density at radius 1 is 1.45 bits per heavy atom. The van der Waals surface area contributed by atoms with Crippen LogP contribution in [0.1, 0.15) is 32.3 Å². The monoisotopic (exact) mass is 280 g/mol. The number of carbonyl (C=O) groups is 2. The molecule has 1 atom stereocenters. The van der Waals surface area contributed by atoms with Crippen molar-refractivity contribution in [3.05, 3.63) is 29.6 Å². The molecule has 0 saturated heterocycles. The molecule has 0 aliphatic carbocycles. The van der Waals surface area contributed by atoms with Crippen molar-refractivity contribution in [3.63, 3.8) is 0 Å². The first-order chi connectivity index (χ1) is 9.26. The molecule has 2 N–H and O–H groups in total. The van der Waals surface area contributed by atoms with Gasteiger partial charge < -0.3 is 15.4 Å². The van der Waals surface area contributed by atoms with Crippen LogP contribution in [-0.4, -0.2) is 24.1 Å². The highest BCUT2D eigenvalue weighted by molar-refractivity contribution is 6.03. The van der Waals surface area contributed by atoms with Crippen molar-refractivity contribution in [2.45, 2.75) is 32.3 Å². The van der Waals surface area contributed by atoms with Crippen LogP contribution in [0.5, 0.6) is 0 Å². The zero-order chi connectivity index (χ0) is 14.9. The summed E-state index contributed by atoms with van der Waals surface area (Å²) in [6.07, 6.45) is -0.602. The molecule has 108 valence electrons. The SMILES string of the molecule is CC(C)(C)OC(=O)NC[C@H]1C(=O)Nc2ccc(F)cc21. The van der Waals surface area contributed by atoms with E-state index in [2.05, 4.69) is 10.6 Å². The van der Waals surface area contributed by atoms with Crippen LogP contribution in [0.25, 0.3) is 0 Å². The van der Waals surface area contributed by atoms with Gasteiger partial charge >= 0.3 is 6.09 Å². The minimum atomic E-state index is -0.605. The average Bonchev–Trinajstić information content (AvgIpc) is 2.59. The van der Waals surface area contributed by atoms with Gasteiger partial charge in [-0.25, -0.2) is 9.18 Å². The van der Waals surface area contributed by atoms with E-state index in [1.807, 2.05) is 0 Å². The highest BCUT2D eigenvalue weighted by Gasteiger charge is 2.31. The first kappa shape index (κ1) is 14.3. The number of benzene rings is 1. The zero-order valence-corrected chi connectivity index (χ0v) is 11.6. The molecular weight excluding hydrogens is 263 g/mol. The van der Waals surface area contributed by atoms with Crippen LogP contribution in [0.4, 0.5) is 14.9 Å². The molecule has 20 heavy (non-hydrogen) atoms. The Kier molecular flexibility index (Phi) is 3.65. The lowest BCUT2D eigenvalue weighted by atomic mass is 10.0. The molecule has 0 aromatic heterocycles. The smallest absolute Gasteiger partial charge is 0.407 e. The average molecular weight is 280 g/mol. The zero-order valence-electron chi connectivity index (χ0n) is 11.6. The molecule has 0 fully saturated rings. The van der Waals surface area contributed by atoms with E-state index in [4.69, 9.17) is 4.74 Å². The number of alkyl carbamates (subject to hydrolysis) is 1. The second-order valence-electron chi connectivity index (χ2n) is 5.66. The molecule has 6 heteroatoms. The number of fused-ring (bicyclic) bond motifs is 1. The van der Waals surface area contributed by atoms with Gasteiger partial charge in [-0.1, -0.05) is 0 Å². The molecule has 1 aromatic rings. The molecule has 1 aliphatic heterocycles. The molecule has 2 rings (SSSR count). The molecule has 0 saturated carbocycles. The van der Waals surface area contributed by atoms with Crippen molar-refractivity contribution in [1.82, 2.24) is 5.32 Å². The number of anilines is 1. The van der Waals surface area contributed by atoms with Gasteiger partial charge in [0, 0.05) is 12.2 Å².